The van der Waals surface area contributed by atoms with Gasteiger partial charge in [-0.15, -0.1) is 22.7 Å². The normalized spacial score (nSPS) is 10.9. The van der Waals surface area contributed by atoms with Crippen LogP contribution in [0, 0.1) is 0 Å². The summed E-state index contributed by atoms with van der Waals surface area (Å²) in [5, 5.41) is 18.9. The van der Waals surface area contributed by atoms with Gasteiger partial charge >= 0.3 is 11.9 Å². The van der Waals surface area contributed by atoms with Crippen LogP contribution in [-0.2, 0) is 9.59 Å². The van der Waals surface area contributed by atoms with Crippen LogP contribution in [0.25, 0.3) is 20.2 Å². The Hall–Kier alpha value is -4.42. The van der Waals surface area contributed by atoms with E-state index in [0.717, 1.165) is 22.7 Å². The molecule has 0 fully saturated rings. The number of methoxy groups -OCH3 is 2. The standard InChI is InChI=1S/C28H22O10S2/c1-37-19-7-13-9-23(17(29)3-5-25(31)32)39-21(13)11-15(19)27(35)28(36)16-12-22-14(8-20(16)38-2)10-24(40-22)18(30)4-6-26(33)34/h7-12H,3-6H2,1-2H3,(H,31,32)(H,33,34). The Morgan fingerprint density at radius 1 is 0.600 bits per heavy atom. The highest BCUT2D eigenvalue weighted by Crippen LogP contribution is 2.36. The van der Waals surface area contributed by atoms with E-state index in [1.165, 1.54) is 38.5 Å². The molecular formula is C28H22O10S2. The molecule has 4 aromatic rings. The quantitative estimate of drug-likeness (QED) is 0.156. The third-order valence-corrected chi connectivity index (χ3v) is 8.33. The van der Waals surface area contributed by atoms with Gasteiger partial charge in [-0.25, -0.2) is 0 Å². The summed E-state index contributed by atoms with van der Waals surface area (Å²) < 4.78 is 11.8. The molecule has 2 aromatic carbocycles. The summed E-state index contributed by atoms with van der Waals surface area (Å²) >= 11 is 2.17. The lowest BCUT2D eigenvalue weighted by molar-refractivity contribution is -0.137. The molecule has 0 spiro atoms. The first-order chi connectivity index (χ1) is 19.0. The number of carboxylic acids is 2. The molecule has 0 amide bonds. The number of hydrogen-bond acceptors (Lipinski definition) is 10. The number of ketones is 4. The smallest absolute Gasteiger partial charge is 0.303 e. The lowest BCUT2D eigenvalue weighted by Crippen LogP contribution is -2.16. The Morgan fingerprint density at radius 2 is 0.975 bits per heavy atom. The van der Waals surface area contributed by atoms with Crippen molar-refractivity contribution in [3.63, 3.8) is 0 Å². The Kier molecular flexibility index (Phi) is 8.40. The van der Waals surface area contributed by atoms with E-state index in [1.807, 2.05) is 0 Å². The van der Waals surface area contributed by atoms with Crippen molar-refractivity contribution in [2.45, 2.75) is 25.7 Å². The Bertz CT molecular complexity index is 1580. The molecule has 4 rings (SSSR count). The Labute approximate surface area is 234 Å². The summed E-state index contributed by atoms with van der Waals surface area (Å²) in [5.41, 5.74) is -0.0477. The van der Waals surface area contributed by atoms with Crippen LogP contribution in [0.15, 0.2) is 36.4 Å². The lowest BCUT2D eigenvalue weighted by atomic mass is 9.98. The highest BCUT2D eigenvalue weighted by atomic mass is 32.1. The van der Waals surface area contributed by atoms with Crippen molar-refractivity contribution in [2.75, 3.05) is 14.2 Å². The largest absolute Gasteiger partial charge is 0.496 e. The second-order valence-electron chi connectivity index (χ2n) is 8.69. The number of Topliss-reactive ketones (excluding diaryl/α,β-unsaturated/α-hetero) is 4. The van der Waals surface area contributed by atoms with Gasteiger partial charge in [-0.2, -0.15) is 0 Å². The van der Waals surface area contributed by atoms with Gasteiger partial charge in [0.05, 0.1) is 47.9 Å². The number of thiophene rings is 2. The van der Waals surface area contributed by atoms with E-state index in [0.29, 0.717) is 29.9 Å². The zero-order valence-corrected chi connectivity index (χ0v) is 22.9. The average Bonchev–Trinajstić information content (AvgIpc) is 3.55. The van der Waals surface area contributed by atoms with Gasteiger partial charge in [0.25, 0.3) is 0 Å². The predicted octanol–water partition coefficient (Wildman–Crippen LogP) is 5.29. The fourth-order valence-corrected chi connectivity index (χ4v) is 6.13. The second-order valence-corrected chi connectivity index (χ2v) is 10.9. The number of ether oxygens (including phenoxy) is 2. The zero-order valence-electron chi connectivity index (χ0n) is 21.3. The van der Waals surface area contributed by atoms with Crippen molar-refractivity contribution < 1.29 is 48.5 Å². The third kappa shape index (κ3) is 5.92. The molecule has 0 radical (unpaired) electrons. The fraction of sp³-hybridized carbons (Fsp3) is 0.214. The first-order valence-corrected chi connectivity index (χ1v) is 13.5. The van der Waals surface area contributed by atoms with Crippen molar-refractivity contribution in [3.8, 4) is 11.5 Å². The van der Waals surface area contributed by atoms with Crippen LogP contribution in [0.5, 0.6) is 11.5 Å². The molecule has 2 heterocycles. The lowest BCUT2D eigenvalue weighted by Gasteiger charge is -2.10. The molecule has 2 N–H and O–H groups in total. The average molecular weight is 583 g/mol. The number of carbonyl (C=O) groups is 6. The molecule has 0 saturated carbocycles. The second kappa shape index (κ2) is 11.8. The first-order valence-electron chi connectivity index (χ1n) is 11.8. The fourth-order valence-electron chi connectivity index (χ4n) is 4.03. The van der Waals surface area contributed by atoms with E-state index in [1.54, 1.807) is 12.1 Å². The monoisotopic (exact) mass is 582 g/mol. The Morgan fingerprint density at radius 3 is 1.30 bits per heavy atom. The first kappa shape index (κ1) is 28.6. The van der Waals surface area contributed by atoms with Gasteiger partial charge in [-0.1, -0.05) is 0 Å². The van der Waals surface area contributed by atoms with Gasteiger partial charge in [0.2, 0.25) is 11.6 Å². The summed E-state index contributed by atoms with van der Waals surface area (Å²) in [6.07, 6.45) is -0.936. The minimum absolute atomic E-state index is 0.0238. The summed E-state index contributed by atoms with van der Waals surface area (Å²) in [4.78, 5) is 74.0. The number of carbonyl (C=O) groups excluding carboxylic acids is 4. The van der Waals surface area contributed by atoms with E-state index in [9.17, 15) is 28.8 Å². The van der Waals surface area contributed by atoms with Gasteiger partial charge in [-0.05, 0) is 47.2 Å². The maximum absolute atomic E-state index is 13.4. The summed E-state index contributed by atoms with van der Waals surface area (Å²) in [7, 11) is 2.68. The van der Waals surface area contributed by atoms with Gasteiger partial charge in [-0.3, -0.25) is 28.8 Å². The molecule has 0 aliphatic heterocycles. The number of fused-ring (bicyclic) bond motifs is 2. The number of aliphatic carboxylic acids is 2. The topological polar surface area (TPSA) is 161 Å². The van der Waals surface area contributed by atoms with Gasteiger partial charge in [0.1, 0.15) is 11.5 Å². The molecular weight excluding hydrogens is 560 g/mol. The van der Waals surface area contributed by atoms with Gasteiger partial charge < -0.3 is 19.7 Å². The van der Waals surface area contributed by atoms with Crippen molar-refractivity contribution in [3.05, 3.63) is 57.3 Å². The SMILES string of the molecule is COc1cc2cc(C(=O)CCC(=O)O)sc2cc1C(=O)C(=O)c1cc2sc(C(=O)CCC(=O)O)cc2cc1OC. The summed E-state index contributed by atoms with van der Waals surface area (Å²) in [5.74, 6) is -4.37. The maximum Gasteiger partial charge on any atom is 0.303 e. The summed E-state index contributed by atoms with van der Waals surface area (Å²) in [6.45, 7) is 0. The molecule has 0 unspecified atom stereocenters. The van der Waals surface area contributed by atoms with Crippen molar-refractivity contribution in [2.24, 2.45) is 0 Å². The number of benzene rings is 2. The van der Waals surface area contributed by atoms with Crippen molar-refractivity contribution in [1.82, 2.24) is 0 Å². The van der Waals surface area contributed by atoms with E-state index >= 15 is 0 Å². The molecule has 206 valence electrons. The van der Waals surface area contributed by atoms with Gasteiger partial charge in [0, 0.05) is 22.2 Å². The van der Waals surface area contributed by atoms with Crippen molar-refractivity contribution in [1.29, 1.82) is 0 Å². The van der Waals surface area contributed by atoms with Crippen LogP contribution in [0.4, 0.5) is 0 Å². The zero-order chi connectivity index (χ0) is 29.1. The minimum atomic E-state index is -1.08. The predicted molar refractivity (Wildman–Crippen MR) is 148 cm³/mol. The third-order valence-electron chi connectivity index (χ3n) is 6.05. The number of hydrogen-bond donors (Lipinski definition) is 2. The Balaban J connectivity index is 1.68. The van der Waals surface area contributed by atoms with Crippen LogP contribution in [0.1, 0.15) is 65.7 Å². The maximum atomic E-state index is 13.4. The van der Waals surface area contributed by atoms with Crippen molar-refractivity contribution >= 4 is 77.9 Å². The molecule has 10 nitrogen and oxygen atoms in total. The van der Waals surface area contributed by atoms with E-state index < -0.39 is 23.5 Å². The van der Waals surface area contributed by atoms with E-state index in [4.69, 9.17) is 19.7 Å². The van der Waals surface area contributed by atoms with E-state index in [2.05, 4.69) is 0 Å². The highest BCUT2D eigenvalue weighted by Gasteiger charge is 2.27. The molecule has 0 aliphatic rings. The highest BCUT2D eigenvalue weighted by molar-refractivity contribution is 7.21. The summed E-state index contributed by atoms with van der Waals surface area (Å²) in [6, 6.07) is 9.17. The molecule has 40 heavy (non-hydrogen) atoms. The molecule has 0 bridgehead atoms. The van der Waals surface area contributed by atoms with Gasteiger partial charge in [0.15, 0.2) is 11.6 Å². The van der Waals surface area contributed by atoms with Crippen LogP contribution >= 0.6 is 22.7 Å². The van der Waals surface area contributed by atoms with E-state index in [-0.39, 0.29) is 59.9 Å². The number of carboxylic acid groups (broad SMARTS) is 2. The number of rotatable bonds is 13. The molecule has 0 aliphatic carbocycles. The van der Waals surface area contributed by atoms with Crippen LogP contribution in [0.3, 0.4) is 0 Å². The molecule has 12 heteroatoms. The molecule has 0 atom stereocenters. The molecule has 2 aromatic heterocycles. The minimum Gasteiger partial charge on any atom is -0.496 e. The van der Waals surface area contributed by atoms with Crippen LogP contribution < -0.4 is 9.47 Å². The van der Waals surface area contributed by atoms with Crippen LogP contribution in [0.2, 0.25) is 0 Å². The van der Waals surface area contributed by atoms with Crippen LogP contribution in [-0.4, -0.2) is 59.5 Å². The molecule has 0 saturated heterocycles.